The minimum absolute atomic E-state index is 0.0835. The number of hydrogen-bond donors (Lipinski definition) is 1. The molecule has 1 aromatic carbocycles. The first-order valence-electron chi connectivity index (χ1n) is 7.03. The van der Waals surface area contributed by atoms with E-state index in [2.05, 4.69) is 5.32 Å². The van der Waals surface area contributed by atoms with Crippen LogP contribution in [-0.4, -0.2) is 23.9 Å². The lowest BCUT2D eigenvalue weighted by Gasteiger charge is -2.27. The lowest BCUT2D eigenvalue weighted by Crippen LogP contribution is -2.34. The molecule has 4 heteroatoms. The third kappa shape index (κ3) is 2.50. The molecule has 102 valence electrons. The molecule has 0 spiro atoms. The zero-order chi connectivity index (χ0) is 13.2. The highest BCUT2D eigenvalue weighted by Gasteiger charge is 2.34. The molecule has 0 bridgehead atoms. The Morgan fingerprint density at radius 2 is 2.00 bits per heavy atom. The van der Waals surface area contributed by atoms with E-state index < -0.39 is 0 Å². The van der Waals surface area contributed by atoms with E-state index in [4.69, 9.17) is 0 Å². The highest BCUT2D eigenvalue weighted by molar-refractivity contribution is 5.81. The molecule has 1 unspecified atom stereocenters. The Kier molecular flexibility index (Phi) is 3.51. The first-order valence-corrected chi connectivity index (χ1v) is 7.03. The number of hydrogen-bond acceptors (Lipinski definition) is 2. The number of carbonyl (C=O) groups excluding carboxylic acids is 1. The van der Waals surface area contributed by atoms with Crippen molar-refractivity contribution in [3.05, 3.63) is 35.6 Å². The van der Waals surface area contributed by atoms with Crippen LogP contribution >= 0.6 is 0 Å². The summed E-state index contributed by atoms with van der Waals surface area (Å²) in [6, 6.07) is 6.70. The Labute approximate surface area is 112 Å². The van der Waals surface area contributed by atoms with Gasteiger partial charge in [-0.05, 0) is 24.8 Å². The van der Waals surface area contributed by atoms with E-state index in [1.165, 1.54) is 31.7 Å². The summed E-state index contributed by atoms with van der Waals surface area (Å²) >= 11 is 0. The molecule has 1 saturated heterocycles. The van der Waals surface area contributed by atoms with Gasteiger partial charge in [-0.2, -0.15) is 0 Å². The summed E-state index contributed by atoms with van der Waals surface area (Å²) in [7, 11) is 0. The second-order valence-corrected chi connectivity index (χ2v) is 5.50. The molecule has 1 amide bonds. The Bertz CT molecular complexity index is 471. The number of nitrogens with one attached hydrogen (secondary N) is 1. The van der Waals surface area contributed by atoms with Crippen LogP contribution in [0.25, 0.3) is 0 Å². The first kappa shape index (κ1) is 12.6. The maximum Gasteiger partial charge on any atom is 0.238 e. The lowest BCUT2D eigenvalue weighted by atomic mass is 10.1. The van der Waals surface area contributed by atoms with Crippen molar-refractivity contribution in [1.82, 2.24) is 10.2 Å². The molecule has 0 aromatic heterocycles. The SMILES string of the molecule is O=C1CNC(c2ccccc2F)N1CC1CCCC1. The van der Waals surface area contributed by atoms with Gasteiger partial charge in [-0.15, -0.1) is 0 Å². The van der Waals surface area contributed by atoms with Crippen LogP contribution in [0, 0.1) is 11.7 Å². The van der Waals surface area contributed by atoms with Crippen LogP contribution in [-0.2, 0) is 4.79 Å². The second kappa shape index (κ2) is 5.29. The number of carbonyl (C=O) groups is 1. The van der Waals surface area contributed by atoms with Gasteiger partial charge in [-0.1, -0.05) is 31.0 Å². The third-order valence-corrected chi connectivity index (χ3v) is 4.21. The van der Waals surface area contributed by atoms with Gasteiger partial charge in [-0.3, -0.25) is 10.1 Å². The topological polar surface area (TPSA) is 32.3 Å². The van der Waals surface area contributed by atoms with Gasteiger partial charge < -0.3 is 4.90 Å². The summed E-state index contributed by atoms with van der Waals surface area (Å²) in [5.41, 5.74) is 0.575. The Hall–Kier alpha value is -1.42. The molecule has 3 nitrogen and oxygen atoms in total. The number of halogens is 1. The molecule has 1 aliphatic carbocycles. The van der Waals surface area contributed by atoms with Crippen LogP contribution < -0.4 is 5.32 Å². The van der Waals surface area contributed by atoms with E-state index >= 15 is 0 Å². The van der Waals surface area contributed by atoms with Gasteiger partial charge in [-0.25, -0.2) is 4.39 Å². The number of nitrogens with zero attached hydrogens (tertiary/aromatic N) is 1. The van der Waals surface area contributed by atoms with Gasteiger partial charge in [0.1, 0.15) is 12.0 Å². The van der Waals surface area contributed by atoms with Crippen molar-refractivity contribution >= 4 is 5.91 Å². The van der Waals surface area contributed by atoms with Crippen molar-refractivity contribution in [2.75, 3.05) is 13.1 Å². The third-order valence-electron chi connectivity index (χ3n) is 4.21. The predicted octanol–water partition coefficient (Wildman–Crippen LogP) is 2.45. The van der Waals surface area contributed by atoms with E-state index in [1.807, 2.05) is 11.0 Å². The molecule has 19 heavy (non-hydrogen) atoms. The van der Waals surface area contributed by atoms with Crippen LogP contribution in [0.15, 0.2) is 24.3 Å². The molecule has 2 fully saturated rings. The fraction of sp³-hybridized carbons (Fsp3) is 0.533. The minimum Gasteiger partial charge on any atom is -0.321 e. The maximum absolute atomic E-state index is 13.9. The minimum atomic E-state index is -0.297. The monoisotopic (exact) mass is 262 g/mol. The zero-order valence-corrected chi connectivity index (χ0v) is 10.9. The predicted molar refractivity (Wildman–Crippen MR) is 70.8 cm³/mol. The van der Waals surface area contributed by atoms with Gasteiger partial charge in [0.25, 0.3) is 0 Å². The van der Waals surface area contributed by atoms with Crippen molar-refractivity contribution in [2.45, 2.75) is 31.8 Å². The lowest BCUT2D eigenvalue weighted by molar-refractivity contribution is -0.128. The maximum atomic E-state index is 13.9. The van der Waals surface area contributed by atoms with Gasteiger partial charge in [0.2, 0.25) is 5.91 Å². The van der Waals surface area contributed by atoms with Crippen LogP contribution in [0.5, 0.6) is 0 Å². The van der Waals surface area contributed by atoms with Crippen LogP contribution in [0.4, 0.5) is 4.39 Å². The number of benzene rings is 1. The molecule has 1 aliphatic heterocycles. The zero-order valence-electron chi connectivity index (χ0n) is 10.9. The van der Waals surface area contributed by atoms with Gasteiger partial charge >= 0.3 is 0 Å². The normalized spacial score (nSPS) is 24.4. The van der Waals surface area contributed by atoms with E-state index in [-0.39, 0.29) is 17.9 Å². The van der Waals surface area contributed by atoms with Crippen LogP contribution in [0.1, 0.15) is 37.4 Å². The van der Waals surface area contributed by atoms with Gasteiger partial charge in [0.05, 0.1) is 6.54 Å². The Morgan fingerprint density at radius 1 is 1.26 bits per heavy atom. The highest BCUT2D eigenvalue weighted by Crippen LogP contribution is 2.30. The van der Waals surface area contributed by atoms with Gasteiger partial charge in [0.15, 0.2) is 0 Å². The second-order valence-electron chi connectivity index (χ2n) is 5.50. The van der Waals surface area contributed by atoms with Crippen LogP contribution in [0.2, 0.25) is 0 Å². The molecular weight excluding hydrogens is 243 g/mol. The molecule has 1 saturated carbocycles. The number of rotatable bonds is 3. The largest absolute Gasteiger partial charge is 0.321 e. The Morgan fingerprint density at radius 3 is 2.74 bits per heavy atom. The standard InChI is InChI=1S/C15H19FN2O/c16-13-8-4-3-7-12(13)15-17-9-14(19)18(15)10-11-5-1-2-6-11/h3-4,7-8,11,15,17H,1-2,5-6,9-10H2. The molecule has 1 heterocycles. The smallest absolute Gasteiger partial charge is 0.238 e. The van der Waals surface area contributed by atoms with Crippen molar-refractivity contribution in [2.24, 2.45) is 5.92 Å². The number of amides is 1. The van der Waals surface area contributed by atoms with E-state index in [0.717, 1.165) is 6.54 Å². The van der Waals surface area contributed by atoms with Crippen molar-refractivity contribution in [3.8, 4) is 0 Å². The average Bonchev–Trinajstić information content (AvgIpc) is 3.03. The fourth-order valence-electron chi connectivity index (χ4n) is 3.19. The Balaban J connectivity index is 1.79. The summed E-state index contributed by atoms with van der Waals surface area (Å²) in [5.74, 6) is 0.421. The highest BCUT2D eigenvalue weighted by atomic mass is 19.1. The summed E-state index contributed by atoms with van der Waals surface area (Å²) in [5, 5.41) is 3.12. The summed E-state index contributed by atoms with van der Waals surface area (Å²) < 4.78 is 13.9. The van der Waals surface area contributed by atoms with E-state index in [9.17, 15) is 9.18 Å². The van der Waals surface area contributed by atoms with E-state index in [0.29, 0.717) is 18.0 Å². The van der Waals surface area contributed by atoms with E-state index in [1.54, 1.807) is 12.1 Å². The van der Waals surface area contributed by atoms with Crippen molar-refractivity contribution < 1.29 is 9.18 Å². The molecule has 2 aliphatic rings. The van der Waals surface area contributed by atoms with Crippen molar-refractivity contribution in [3.63, 3.8) is 0 Å². The summed E-state index contributed by atoms with van der Waals surface area (Å²) in [6.45, 7) is 1.07. The molecule has 1 N–H and O–H groups in total. The molecule has 3 rings (SSSR count). The molecule has 1 aromatic rings. The molecule has 1 atom stereocenters. The van der Waals surface area contributed by atoms with Gasteiger partial charge in [0, 0.05) is 12.1 Å². The quantitative estimate of drug-likeness (QED) is 0.907. The summed E-state index contributed by atoms with van der Waals surface area (Å²) in [4.78, 5) is 13.8. The first-order chi connectivity index (χ1) is 9.25. The fourth-order valence-corrected chi connectivity index (χ4v) is 3.19. The summed E-state index contributed by atoms with van der Waals surface area (Å²) in [6.07, 6.45) is 4.59. The van der Waals surface area contributed by atoms with Crippen molar-refractivity contribution in [1.29, 1.82) is 0 Å². The molecule has 0 radical (unpaired) electrons. The average molecular weight is 262 g/mol. The van der Waals surface area contributed by atoms with Crippen LogP contribution in [0.3, 0.4) is 0 Å². The molecular formula is C15H19FN2O.